The molecule has 108 valence electrons. The molecule has 1 aromatic rings. The maximum Gasteiger partial charge on any atom is 0.243 e. The van der Waals surface area contributed by atoms with E-state index in [1.165, 1.54) is 22.5 Å². The topological polar surface area (TPSA) is 64.4 Å². The summed E-state index contributed by atoms with van der Waals surface area (Å²) in [5.74, 6) is 0. The summed E-state index contributed by atoms with van der Waals surface area (Å²) < 4.78 is 26.6. The second-order valence-corrected chi connectivity index (χ2v) is 7.16. The SMILES string of the molecule is CN1CCCN(S(=O)(=O)c2ccc(C#N)c(Cl)c2)CC1. The first-order valence-corrected chi connectivity index (χ1v) is 8.15. The van der Waals surface area contributed by atoms with E-state index < -0.39 is 10.0 Å². The Balaban J connectivity index is 2.30. The molecule has 5 nitrogen and oxygen atoms in total. The summed E-state index contributed by atoms with van der Waals surface area (Å²) in [6.45, 7) is 2.57. The third-order valence-corrected chi connectivity index (χ3v) is 5.58. The molecule has 0 bridgehead atoms. The van der Waals surface area contributed by atoms with E-state index in [9.17, 15) is 8.42 Å². The van der Waals surface area contributed by atoms with Crippen molar-refractivity contribution in [2.75, 3.05) is 33.2 Å². The van der Waals surface area contributed by atoms with E-state index in [1.807, 2.05) is 13.1 Å². The smallest absolute Gasteiger partial charge is 0.243 e. The lowest BCUT2D eigenvalue weighted by atomic mass is 10.2. The van der Waals surface area contributed by atoms with Gasteiger partial charge in [0.25, 0.3) is 0 Å². The van der Waals surface area contributed by atoms with Crippen molar-refractivity contribution < 1.29 is 8.42 Å². The third-order valence-electron chi connectivity index (χ3n) is 3.38. The Kier molecular flexibility index (Phi) is 4.66. The molecule has 0 aromatic heterocycles. The standard InChI is InChI=1S/C13H16ClN3O2S/c1-16-5-2-6-17(8-7-16)20(18,19)12-4-3-11(10-15)13(14)9-12/h3-4,9H,2,5-8H2,1H3. The molecule has 0 N–H and O–H groups in total. The molecule has 1 aromatic carbocycles. The van der Waals surface area contributed by atoms with Crippen LogP contribution in [0.3, 0.4) is 0 Å². The molecule has 2 rings (SSSR count). The fourth-order valence-electron chi connectivity index (χ4n) is 2.16. The zero-order chi connectivity index (χ0) is 14.8. The molecule has 0 amide bonds. The molecule has 0 atom stereocenters. The normalized spacial score (nSPS) is 18.4. The number of hydrogen-bond acceptors (Lipinski definition) is 4. The second kappa shape index (κ2) is 6.10. The van der Waals surface area contributed by atoms with Crippen molar-refractivity contribution in [3.8, 4) is 6.07 Å². The summed E-state index contributed by atoms with van der Waals surface area (Å²) in [5.41, 5.74) is 0.279. The van der Waals surface area contributed by atoms with Crippen molar-refractivity contribution in [3.63, 3.8) is 0 Å². The van der Waals surface area contributed by atoms with E-state index in [1.54, 1.807) is 0 Å². The van der Waals surface area contributed by atoms with Gasteiger partial charge in [-0.05, 0) is 38.2 Å². The number of rotatable bonds is 2. The number of halogens is 1. The zero-order valence-corrected chi connectivity index (χ0v) is 12.8. The summed E-state index contributed by atoms with van der Waals surface area (Å²) >= 11 is 5.92. The molecular weight excluding hydrogens is 298 g/mol. The summed E-state index contributed by atoms with van der Waals surface area (Å²) in [6.07, 6.45) is 0.805. The minimum absolute atomic E-state index is 0.144. The molecular formula is C13H16ClN3O2S. The second-order valence-electron chi connectivity index (χ2n) is 4.81. The van der Waals surface area contributed by atoms with Gasteiger partial charge in [0.05, 0.1) is 15.5 Å². The van der Waals surface area contributed by atoms with Crippen molar-refractivity contribution in [1.29, 1.82) is 5.26 Å². The van der Waals surface area contributed by atoms with E-state index in [4.69, 9.17) is 16.9 Å². The number of nitriles is 1. The Morgan fingerprint density at radius 3 is 2.65 bits per heavy atom. The molecule has 20 heavy (non-hydrogen) atoms. The first-order chi connectivity index (χ1) is 9.45. The van der Waals surface area contributed by atoms with Crippen molar-refractivity contribution in [2.24, 2.45) is 0 Å². The molecule has 1 aliphatic rings. The van der Waals surface area contributed by atoms with Crippen LogP contribution in [0.5, 0.6) is 0 Å². The third kappa shape index (κ3) is 3.13. The average Bonchev–Trinajstić information content (AvgIpc) is 2.63. The lowest BCUT2D eigenvalue weighted by molar-refractivity contribution is 0.347. The quantitative estimate of drug-likeness (QED) is 0.831. The van der Waals surface area contributed by atoms with Gasteiger partial charge >= 0.3 is 0 Å². The van der Waals surface area contributed by atoms with E-state index in [0.29, 0.717) is 19.6 Å². The van der Waals surface area contributed by atoms with Gasteiger partial charge in [-0.1, -0.05) is 11.6 Å². The van der Waals surface area contributed by atoms with Crippen LogP contribution >= 0.6 is 11.6 Å². The fourth-order valence-corrected chi connectivity index (χ4v) is 3.94. The maximum atomic E-state index is 12.6. The molecule has 1 fully saturated rings. The lowest BCUT2D eigenvalue weighted by Gasteiger charge is -2.20. The largest absolute Gasteiger partial charge is 0.305 e. The minimum atomic E-state index is -3.54. The monoisotopic (exact) mass is 313 g/mol. The predicted octanol–water partition coefficient (Wildman–Crippen LogP) is 1.54. The van der Waals surface area contributed by atoms with Crippen LogP contribution in [0.1, 0.15) is 12.0 Å². The zero-order valence-electron chi connectivity index (χ0n) is 11.2. The molecule has 7 heteroatoms. The van der Waals surface area contributed by atoms with Gasteiger partial charge in [-0.15, -0.1) is 0 Å². The highest BCUT2D eigenvalue weighted by molar-refractivity contribution is 7.89. The first-order valence-electron chi connectivity index (χ1n) is 6.33. The number of benzene rings is 1. The van der Waals surface area contributed by atoms with Crippen molar-refractivity contribution >= 4 is 21.6 Å². The summed E-state index contributed by atoms with van der Waals surface area (Å²) in [5, 5.41) is 8.99. The Labute approximate surface area is 124 Å². The number of likely N-dealkylation sites (N-methyl/N-ethyl adjacent to an activating group) is 1. The van der Waals surface area contributed by atoms with Gasteiger partial charge in [0.1, 0.15) is 6.07 Å². The van der Waals surface area contributed by atoms with Crippen LogP contribution in [0.25, 0.3) is 0 Å². The lowest BCUT2D eigenvalue weighted by Crippen LogP contribution is -2.34. The van der Waals surface area contributed by atoms with E-state index in [-0.39, 0.29) is 15.5 Å². The van der Waals surface area contributed by atoms with Crippen molar-refractivity contribution in [2.45, 2.75) is 11.3 Å². The van der Waals surface area contributed by atoms with Gasteiger partial charge < -0.3 is 4.90 Å². The van der Waals surface area contributed by atoms with Crippen LogP contribution in [0.15, 0.2) is 23.1 Å². The van der Waals surface area contributed by atoms with Crippen LogP contribution < -0.4 is 0 Å². The van der Waals surface area contributed by atoms with Gasteiger partial charge in [-0.3, -0.25) is 0 Å². The molecule has 0 unspecified atom stereocenters. The van der Waals surface area contributed by atoms with E-state index in [2.05, 4.69) is 4.90 Å². The van der Waals surface area contributed by atoms with Crippen molar-refractivity contribution in [1.82, 2.24) is 9.21 Å². The Morgan fingerprint density at radius 2 is 2.00 bits per heavy atom. The van der Waals surface area contributed by atoms with E-state index in [0.717, 1.165) is 13.0 Å². The molecule has 0 saturated carbocycles. The van der Waals surface area contributed by atoms with Crippen LogP contribution in [0, 0.1) is 11.3 Å². The van der Waals surface area contributed by atoms with Crippen LogP contribution in [-0.2, 0) is 10.0 Å². The molecule has 1 saturated heterocycles. The highest BCUT2D eigenvalue weighted by Crippen LogP contribution is 2.23. The van der Waals surface area contributed by atoms with Gasteiger partial charge in [0.2, 0.25) is 10.0 Å². The molecule has 0 aliphatic carbocycles. The highest BCUT2D eigenvalue weighted by atomic mass is 35.5. The number of hydrogen-bond donors (Lipinski definition) is 0. The van der Waals surface area contributed by atoms with Gasteiger partial charge in [0, 0.05) is 19.6 Å². The Morgan fingerprint density at radius 1 is 1.25 bits per heavy atom. The molecule has 1 aliphatic heterocycles. The summed E-state index contributed by atoms with van der Waals surface area (Å²) in [7, 11) is -1.56. The summed E-state index contributed by atoms with van der Waals surface area (Å²) in [4.78, 5) is 2.26. The first kappa shape index (κ1) is 15.3. The van der Waals surface area contributed by atoms with Crippen molar-refractivity contribution in [3.05, 3.63) is 28.8 Å². The fraction of sp³-hybridized carbons (Fsp3) is 0.462. The minimum Gasteiger partial charge on any atom is -0.305 e. The summed E-state index contributed by atoms with van der Waals surface area (Å²) in [6, 6.07) is 6.16. The maximum absolute atomic E-state index is 12.6. The van der Waals surface area contributed by atoms with Crippen LogP contribution in [0.4, 0.5) is 0 Å². The average molecular weight is 314 g/mol. The van der Waals surface area contributed by atoms with E-state index >= 15 is 0 Å². The number of sulfonamides is 1. The predicted molar refractivity (Wildman–Crippen MR) is 77.0 cm³/mol. The van der Waals surface area contributed by atoms with Gasteiger partial charge in [-0.25, -0.2) is 8.42 Å². The highest BCUT2D eigenvalue weighted by Gasteiger charge is 2.26. The Bertz CT molecular complexity index is 640. The van der Waals surface area contributed by atoms with Gasteiger partial charge in [0.15, 0.2) is 0 Å². The molecule has 0 spiro atoms. The molecule has 0 radical (unpaired) electrons. The number of nitrogens with zero attached hydrogens (tertiary/aromatic N) is 3. The Hall–Kier alpha value is -1.13. The van der Waals surface area contributed by atoms with Gasteiger partial charge in [-0.2, -0.15) is 9.57 Å². The van der Waals surface area contributed by atoms with Crippen LogP contribution in [-0.4, -0.2) is 50.8 Å². The molecule has 1 heterocycles. The van der Waals surface area contributed by atoms with Crippen LogP contribution in [0.2, 0.25) is 5.02 Å².